The number of hydrogen-bond donors (Lipinski definition) is 0. The number of pyridine rings is 1. The van der Waals surface area contributed by atoms with E-state index in [2.05, 4.69) is 49.8 Å². The van der Waals surface area contributed by atoms with Crippen LogP contribution in [0.2, 0.25) is 0 Å². The summed E-state index contributed by atoms with van der Waals surface area (Å²) in [6.45, 7) is 2.10. The largest absolute Gasteiger partial charge is 0.260 e. The zero-order valence-electron chi connectivity index (χ0n) is 6.27. The Morgan fingerprint density at radius 2 is 2.27 bits per heavy atom. The molecule has 11 heavy (non-hydrogen) atoms. The molecule has 1 heterocycles. The fourth-order valence-corrected chi connectivity index (χ4v) is 1.82. The van der Waals surface area contributed by atoms with Crippen LogP contribution >= 0.6 is 31.9 Å². The second kappa shape index (κ2) is 4.21. The predicted molar refractivity (Wildman–Crippen MR) is 53.9 cm³/mol. The van der Waals surface area contributed by atoms with Gasteiger partial charge >= 0.3 is 0 Å². The average molecular weight is 279 g/mol. The van der Waals surface area contributed by atoms with E-state index in [9.17, 15) is 0 Å². The lowest BCUT2D eigenvalue weighted by atomic mass is 10.2. The lowest BCUT2D eigenvalue weighted by Crippen LogP contribution is -1.90. The van der Waals surface area contributed by atoms with E-state index in [0.29, 0.717) is 0 Å². The molecule has 0 N–H and O–H groups in total. The van der Waals surface area contributed by atoms with Crippen LogP contribution in [0.3, 0.4) is 0 Å². The van der Waals surface area contributed by atoms with E-state index in [1.54, 1.807) is 0 Å². The van der Waals surface area contributed by atoms with Crippen LogP contribution in [0.4, 0.5) is 0 Å². The molecule has 0 atom stereocenters. The minimum atomic E-state index is 0.864. The minimum absolute atomic E-state index is 0.864. The number of rotatable bonds is 2. The Bertz CT molecular complexity index is 248. The summed E-state index contributed by atoms with van der Waals surface area (Å²) in [5.41, 5.74) is 2.32. The Hall–Kier alpha value is 0.110. The van der Waals surface area contributed by atoms with Crippen molar-refractivity contribution >= 4 is 31.9 Å². The SMILES string of the molecule is CCc1ncc(CBr)cc1Br. The van der Waals surface area contributed by atoms with Gasteiger partial charge in [0.1, 0.15) is 0 Å². The fraction of sp³-hybridized carbons (Fsp3) is 0.375. The van der Waals surface area contributed by atoms with Gasteiger partial charge in [0.15, 0.2) is 0 Å². The van der Waals surface area contributed by atoms with Crippen LogP contribution in [0, 0.1) is 0 Å². The minimum Gasteiger partial charge on any atom is -0.260 e. The van der Waals surface area contributed by atoms with Gasteiger partial charge in [-0.25, -0.2) is 0 Å². The summed E-state index contributed by atoms with van der Waals surface area (Å²) < 4.78 is 1.11. The third kappa shape index (κ3) is 2.27. The molecule has 0 radical (unpaired) electrons. The van der Waals surface area contributed by atoms with Gasteiger partial charge in [-0.15, -0.1) is 0 Å². The van der Waals surface area contributed by atoms with Crippen LogP contribution in [0.1, 0.15) is 18.2 Å². The molecule has 1 aromatic heterocycles. The smallest absolute Gasteiger partial charge is 0.0542 e. The zero-order chi connectivity index (χ0) is 8.27. The van der Waals surface area contributed by atoms with Crippen molar-refractivity contribution in [3.8, 4) is 0 Å². The van der Waals surface area contributed by atoms with E-state index in [-0.39, 0.29) is 0 Å². The van der Waals surface area contributed by atoms with Crippen LogP contribution in [-0.2, 0) is 11.8 Å². The topological polar surface area (TPSA) is 12.9 Å². The van der Waals surface area contributed by atoms with E-state index < -0.39 is 0 Å². The van der Waals surface area contributed by atoms with Gasteiger partial charge in [-0.2, -0.15) is 0 Å². The lowest BCUT2D eigenvalue weighted by Gasteiger charge is -2.01. The van der Waals surface area contributed by atoms with Crippen molar-refractivity contribution in [1.82, 2.24) is 4.98 Å². The third-order valence-corrected chi connectivity index (χ3v) is 2.80. The Morgan fingerprint density at radius 1 is 1.55 bits per heavy atom. The van der Waals surface area contributed by atoms with Gasteiger partial charge in [0.2, 0.25) is 0 Å². The molecular weight excluding hydrogens is 270 g/mol. The first-order chi connectivity index (χ1) is 5.27. The molecule has 0 saturated heterocycles. The first-order valence-corrected chi connectivity index (χ1v) is 5.38. The summed E-state index contributed by atoms with van der Waals surface area (Å²) in [6.07, 6.45) is 2.88. The highest BCUT2D eigenvalue weighted by Gasteiger charge is 1.99. The van der Waals surface area contributed by atoms with Crippen LogP contribution < -0.4 is 0 Å². The zero-order valence-corrected chi connectivity index (χ0v) is 9.44. The maximum Gasteiger partial charge on any atom is 0.0542 e. The maximum absolute atomic E-state index is 4.29. The maximum atomic E-state index is 4.29. The molecule has 0 aliphatic heterocycles. The van der Waals surface area contributed by atoms with Crippen molar-refractivity contribution in [3.63, 3.8) is 0 Å². The van der Waals surface area contributed by atoms with Gasteiger partial charge in [0.05, 0.1) is 5.69 Å². The molecule has 0 amide bonds. The summed E-state index contributed by atoms with van der Waals surface area (Å²) >= 11 is 6.84. The van der Waals surface area contributed by atoms with Crippen LogP contribution in [0.15, 0.2) is 16.7 Å². The van der Waals surface area contributed by atoms with E-state index in [1.807, 2.05) is 6.20 Å². The predicted octanol–water partition coefficient (Wildman–Crippen LogP) is 3.30. The van der Waals surface area contributed by atoms with Crippen molar-refractivity contribution in [2.45, 2.75) is 18.7 Å². The molecule has 0 aliphatic carbocycles. The first kappa shape index (κ1) is 9.20. The van der Waals surface area contributed by atoms with Gasteiger partial charge in [0.25, 0.3) is 0 Å². The number of aromatic nitrogens is 1. The van der Waals surface area contributed by atoms with Gasteiger partial charge in [-0.1, -0.05) is 22.9 Å². The van der Waals surface area contributed by atoms with Crippen molar-refractivity contribution < 1.29 is 0 Å². The normalized spacial score (nSPS) is 10.1. The summed E-state index contributed by atoms with van der Waals surface area (Å²) in [7, 11) is 0. The Kier molecular flexibility index (Phi) is 3.52. The first-order valence-electron chi connectivity index (χ1n) is 3.47. The summed E-state index contributed by atoms with van der Waals surface area (Å²) in [5.74, 6) is 0. The van der Waals surface area contributed by atoms with Crippen LogP contribution in [0.5, 0.6) is 0 Å². The Balaban J connectivity index is 2.99. The molecule has 1 nitrogen and oxygen atoms in total. The number of alkyl halides is 1. The van der Waals surface area contributed by atoms with Crippen LogP contribution in [-0.4, -0.2) is 4.98 Å². The molecule has 0 aromatic carbocycles. The Morgan fingerprint density at radius 3 is 2.73 bits per heavy atom. The van der Waals surface area contributed by atoms with Crippen molar-refractivity contribution in [1.29, 1.82) is 0 Å². The van der Waals surface area contributed by atoms with Gasteiger partial charge < -0.3 is 0 Å². The van der Waals surface area contributed by atoms with Gasteiger partial charge in [0, 0.05) is 16.0 Å². The van der Waals surface area contributed by atoms with Gasteiger partial charge in [-0.3, -0.25) is 4.98 Å². The highest BCUT2D eigenvalue weighted by atomic mass is 79.9. The summed E-state index contributed by atoms with van der Waals surface area (Å²) in [4.78, 5) is 4.29. The number of aryl methyl sites for hydroxylation is 1. The monoisotopic (exact) mass is 277 g/mol. The van der Waals surface area contributed by atoms with Crippen molar-refractivity contribution in [2.75, 3.05) is 0 Å². The molecule has 60 valence electrons. The molecule has 1 aromatic rings. The average Bonchev–Trinajstić information content (AvgIpc) is 2.04. The van der Waals surface area contributed by atoms with E-state index in [1.165, 1.54) is 5.56 Å². The second-order valence-corrected chi connectivity index (χ2v) is 3.67. The molecule has 0 unspecified atom stereocenters. The second-order valence-electron chi connectivity index (χ2n) is 2.26. The lowest BCUT2D eigenvalue weighted by molar-refractivity contribution is 1.01. The van der Waals surface area contributed by atoms with Crippen molar-refractivity contribution in [2.24, 2.45) is 0 Å². The molecule has 0 spiro atoms. The molecular formula is C8H9Br2N. The Labute approximate surface area is 83.5 Å². The third-order valence-electron chi connectivity index (χ3n) is 1.46. The molecule has 0 fully saturated rings. The standard InChI is InChI=1S/C8H9Br2N/c1-2-8-7(10)3-6(4-9)5-11-8/h3,5H,2,4H2,1H3. The highest BCUT2D eigenvalue weighted by Crippen LogP contribution is 2.17. The summed E-state index contributed by atoms with van der Waals surface area (Å²) in [6, 6.07) is 2.10. The number of halogens is 2. The number of hydrogen-bond acceptors (Lipinski definition) is 1. The molecule has 0 aliphatic rings. The molecule has 1 rings (SSSR count). The summed E-state index contributed by atoms with van der Waals surface area (Å²) in [5, 5.41) is 0.864. The molecule has 0 saturated carbocycles. The van der Waals surface area contributed by atoms with E-state index in [4.69, 9.17) is 0 Å². The fourth-order valence-electron chi connectivity index (χ4n) is 0.839. The van der Waals surface area contributed by atoms with Crippen LogP contribution in [0.25, 0.3) is 0 Å². The molecule has 3 heteroatoms. The van der Waals surface area contributed by atoms with Crippen molar-refractivity contribution in [3.05, 3.63) is 28.0 Å². The quantitative estimate of drug-likeness (QED) is 0.757. The van der Waals surface area contributed by atoms with E-state index >= 15 is 0 Å². The van der Waals surface area contributed by atoms with E-state index in [0.717, 1.165) is 21.9 Å². The van der Waals surface area contributed by atoms with Gasteiger partial charge in [-0.05, 0) is 34.0 Å². The highest BCUT2D eigenvalue weighted by molar-refractivity contribution is 9.10. The number of nitrogens with zero attached hydrogens (tertiary/aromatic N) is 1. The molecule has 0 bridgehead atoms.